The van der Waals surface area contributed by atoms with Crippen LogP contribution in [0.1, 0.15) is 16.1 Å². The van der Waals surface area contributed by atoms with Gasteiger partial charge in [-0.2, -0.15) is 0 Å². The van der Waals surface area contributed by atoms with Crippen LogP contribution in [0.2, 0.25) is 0 Å². The van der Waals surface area contributed by atoms with E-state index in [9.17, 15) is 5.11 Å². The fourth-order valence-electron chi connectivity index (χ4n) is 2.42. The predicted molar refractivity (Wildman–Crippen MR) is 72.5 cm³/mol. The molecule has 1 aliphatic heterocycles. The molecule has 94 valence electrons. The molecule has 3 rings (SSSR count). The summed E-state index contributed by atoms with van der Waals surface area (Å²) >= 11 is 1.69. The second kappa shape index (κ2) is 4.46. The Kier molecular flexibility index (Phi) is 2.93. The van der Waals surface area contributed by atoms with Crippen LogP contribution >= 0.6 is 11.3 Å². The van der Waals surface area contributed by atoms with E-state index in [0.717, 1.165) is 17.8 Å². The average molecular weight is 260 g/mol. The summed E-state index contributed by atoms with van der Waals surface area (Å²) < 4.78 is 0. The highest BCUT2D eigenvalue weighted by Gasteiger charge is 2.42. The molecule has 1 aliphatic rings. The number of hydrogen-bond donors (Lipinski definition) is 1. The van der Waals surface area contributed by atoms with E-state index >= 15 is 0 Å². The fraction of sp³-hybridized carbons (Fsp3) is 0.357. The Morgan fingerprint density at radius 2 is 2.06 bits per heavy atom. The van der Waals surface area contributed by atoms with E-state index in [1.165, 1.54) is 4.88 Å². The van der Waals surface area contributed by atoms with Gasteiger partial charge in [0.1, 0.15) is 5.60 Å². The van der Waals surface area contributed by atoms with Gasteiger partial charge in [0.15, 0.2) is 0 Å². The van der Waals surface area contributed by atoms with Crippen LogP contribution in [0.25, 0.3) is 0 Å². The van der Waals surface area contributed by atoms with E-state index in [1.54, 1.807) is 11.3 Å². The van der Waals surface area contributed by atoms with Crippen LogP contribution < -0.4 is 0 Å². The van der Waals surface area contributed by atoms with Crippen molar-refractivity contribution in [2.24, 2.45) is 0 Å². The molecule has 1 fully saturated rings. The topological polar surface area (TPSA) is 36.4 Å². The van der Waals surface area contributed by atoms with Crippen LogP contribution in [0.15, 0.2) is 35.8 Å². The van der Waals surface area contributed by atoms with Gasteiger partial charge in [-0.15, -0.1) is 11.3 Å². The third-order valence-electron chi connectivity index (χ3n) is 3.49. The Balaban J connectivity index is 1.65. The van der Waals surface area contributed by atoms with Crippen LogP contribution in [-0.2, 0) is 12.1 Å². The number of aryl methyl sites for hydroxylation is 1. The lowest BCUT2D eigenvalue weighted by Gasteiger charge is -2.46. The zero-order chi connectivity index (χ0) is 12.6. The molecule has 1 saturated heterocycles. The third kappa shape index (κ3) is 2.07. The lowest BCUT2D eigenvalue weighted by molar-refractivity contribution is -0.107. The van der Waals surface area contributed by atoms with Gasteiger partial charge in [-0.25, -0.2) is 4.98 Å². The van der Waals surface area contributed by atoms with E-state index in [-0.39, 0.29) is 0 Å². The maximum Gasteiger partial charge on any atom is 0.115 e. The first kappa shape index (κ1) is 11.8. The first-order chi connectivity index (χ1) is 8.67. The van der Waals surface area contributed by atoms with Gasteiger partial charge in [0, 0.05) is 24.5 Å². The van der Waals surface area contributed by atoms with Crippen LogP contribution in [0.5, 0.6) is 0 Å². The largest absolute Gasteiger partial charge is 0.382 e. The summed E-state index contributed by atoms with van der Waals surface area (Å²) in [7, 11) is 0. The number of β-amino-alcohol motifs (C(OH)–C–C–N with tert-alkyl or cyclic N) is 1. The summed E-state index contributed by atoms with van der Waals surface area (Å²) in [5.41, 5.74) is 3.34. The van der Waals surface area contributed by atoms with Crippen LogP contribution in [0.3, 0.4) is 0 Å². The quantitative estimate of drug-likeness (QED) is 0.918. The van der Waals surface area contributed by atoms with Crippen molar-refractivity contribution in [2.45, 2.75) is 19.1 Å². The normalized spacial score (nSPS) is 18.6. The minimum absolute atomic E-state index is 0.667. The van der Waals surface area contributed by atoms with Crippen molar-refractivity contribution < 1.29 is 5.11 Å². The first-order valence-electron chi connectivity index (χ1n) is 6.07. The van der Waals surface area contributed by atoms with Gasteiger partial charge in [-0.05, 0) is 12.5 Å². The molecular formula is C14H16N2OS. The lowest BCUT2D eigenvalue weighted by Crippen LogP contribution is -2.58. The number of aromatic nitrogens is 1. The van der Waals surface area contributed by atoms with Crippen molar-refractivity contribution in [2.75, 3.05) is 13.1 Å². The first-order valence-corrected chi connectivity index (χ1v) is 6.94. The van der Waals surface area contributed by atoms with Gasteiger partial charge in [-0.1, -0.05) is 30.3 Å². The van der Waals surface area contributed by atoms with E-state index < -0.39 is 5.60 Å². The molecule has 3 nitrogen and oxygen atoms in total. The van der Waals surface area contributed by atoms with Crippen LogP contribution in [0, 0.1) is 6.92 Å². The molecule has 0 radical (unpaired) electrons. The van der Waals surface area contributed by atoms with Gasteiger partial charge in [0.2, 0.25) is 0 Å². The number of hydrogen-bond acceptors (Lipinski definition) is 4. The molecule has 1 aromatic carbocycles. The summed E-state index contributed by atoms with van der Waals surface area (Å²) in [4.78, 5) is 7.81. The molecule has 1 aromatic heterocycles. The van der Waals surface area contributed by atoms with Gasteiger partial charge in [-0.3, -0.25) is 4.90 Å². The molecule has 2 heterocycles. The standard InChI is InChI=1S/C14H16N2OS/c1-11-13(18-10-15-11)7-16-8-14(17,9-16)12-5-3-2-4-6-12/h2-6,10,17H,7-9H2,1H3. The Hall–Kier alpha value is -1.23. The zero-order valence-electron chi connectivity index (χ0n) is 10.3. The Bertz CT molecular complexity index is 532. The van der Waals surface area contributed by atoms with Crippen molar-refractivity contribution in [1.82, 2.24) is 9.88 Å². The lowest BCUT2D eigenvalue weighted by atomic mass is 9.86. The third-order valence-corrected chi connectivity index (χ3v) is 4.41. The Labute approximate surface area is 111 Å². The maximum atomic E-state index is 10.5. The predicted octanol–water partition coefficient (Wildman–Crippen LogP) is 2.15. The Morgan fingerprint density at radius 1 is 1.33 bits per heavy atom. The van der Waals surface area contributed by atoms with Crippen molar-refractivity contribution in [1.29, 1.82) is 0 Å². The minimum atomic E-state index is -0.667. The van der Waals surface area contributed by atoms with Gasteiger partial charge >= 0.3 is 0 Å². The van der Waals surface area contributed by atoms with E-state index in [4.69, 9.17) is 0 Å². The highest BCUT2D eigenvalue weighted by molar-refractivity contribution is 7.09. The summed E-state index contributed by atoms with van der Waals surface area (Å²) in [6, 6.07) is 9.92. The molecule has 0 aliphatic carbocycles. The highest BCUT2D eigenvalue weighted by atomic mass is 32.1. The molecule has 0 bridgehead atoms. The molecule has 4 heteroatoms. The molecule has 0 saturated carbocycles. The SMILES string of the molecule is Cc1ncsc1CN1CC(O)(c2ccccc2)C1. The smallest absolute Gasteiger partial charge is 0.115 e. The van der Waals surface area contributed by atoms with Gasteiger partial charge in [0.25, 0.3) is 0 Å². The number of nitrogens with zero attached hydrogens (tertiary/aromatic N) is 2. The monoisotopic (exact) mass is 260 g/mol. The molecule has 0 unspecified atom stereocenters. The van der Waals surface area contributed by atoms with Gasteiger partial charge in [0.05, 0.1) is 11.2 Å². The summed E-state index contributed by atoms with van der Waals surface area (Å²) in [6.45, 7) is 4.34. The second-order valence-corrected chi connectivity index (χ2v) is 5.84. The number of thiazole rings is 1. The van der Waals surface area contributed by atoms with E-state index in [0.29, 0.717) is 13.1 Å². The fourth-order valence-corrected chi connectivity index (χ4v) is 3.24. The summed E-state index contributed by atoms with van der Waals surface area (Å²) in [5.74, 6) is 0. The zero-order valence-corrected chi connectivity index (χ0v) is 11.2. The molecular weight excluding hydrogens is 244 g/mol. The van der Waals surface area contributed by atoms with E-state index in [1.807, 2.05) is 42.8 Å². The minimum Gasteiger partial charge on any atom is -0.382 e. The molecule has 0 atom stereocenters. The molecule has 1 N–H and O–H groups in total. The number of aliphatic hydroxyl groups is 1. The number of rotatable bonds is 3. The number of benzene rings is 1. The van der Waals surface area contributed by atoms with Gasteiger partial charge < -0.3 is 5.11 Å². The van der Waals surface area contributed by atoms with Crippen molar-refractivity contribution in [3.05, 3.63) is 52.0 Å². The maximum absolute atomic E-state index is 10.5. The average Bonchev–Trinajstić information content (AvgIpc) is 2.74. The van der Waals surface area contributed by atoms with Crippen LogP contribution in [-0.4, -0.2) is 28.1 Å². The second-order valence-electron chi connectivity index (χ2n) is 4.90. The highest BCUT2D eigenvalue weighted by Crippen LogP contribution is 2.33. The molecule has 0 spiro atoms. The number of likely N-dealkylation sites (tertiary alicyclic amines) is 1. The van der Waals surface area contributed by atoms with Crippen molar-refractivity contribution in [3.63, 3.8) is 0 Å². The van der Waals surface area contributed by atoms with Crippen molar-refractivity contribution >= 4 is 11.3 Å². The Morgan fingerprint density at radius 3 is 2.67 bits per heavy atom. The van der Waals surface area contributed by atoms with Crippen LogP contribution in [0.4, 0.5) is 0 Å². The molecule has 18 heavy (non-hydrogen) atoms. The van der Waals surface area contributed by atoms with Crippen molar-refractivity contribution in [3.8, 4) is 0 Å². The van der Waals surface area contributed by atoms with E-state index in [2.05, 4.69) is 9.88 Å². The molecule has 0 amide bonds. The summed E-state index contributed by atoms with van der Waals surface area (Å²) in [6.07, 6.45) is 0. The molecule has 2 aromatic rings. The summed E-state index contributed by atoms with van der Waals surface area (Å²) in [5, 5.41) is 10.5.